The Bertz CT molecular complexity index is 1230. The molecule has 1 saturated heterocycles. The van der Waals surface area contributed by atoms with E-state index < -0.39 is 18.5 Å². The largest absolute Gasteiger partial charge is 0.494 e. The number of anilines is 2. The average Bonchev–Trinajstić information content (AvgIpc) is 3.49. The first-order valence-corrected chi connectivity index (χ1v) is 11.7. The number of hydrogen-bond donors (Lipinski definition) is 1. The van der Waals surface area contributed by atoms with Crippen LogP contribution in [0.25, 0.3) is 0 Å². The Morgan fingerprint density at radius 3 is 2.54 bits per heavy atom. The Morgan fingerprint density at radius 1 is 1.06 bits per heavy atom. The van der Waals surface area contributed by atoms with Gasteiger partial charge >= 0.3 is 5.97 Å². The van der Waals surface area contributed by atoms with E-state index in [0.717, 1.165) is 6.42 Å². The molecular formula is C27H26N2O6. The summed E-state index contributed by atoms with van der Waals surface area (Å²) in [4.78, 5) is 52.3. The predicted octanol–water partition coefficient (Wildman–Crippen LogP) is 3.58. The van der Waals surface area contributed by atoms with Crippen LogP contribution in [0.5, 0.6) is 5.75 Å². The number of nitrogens with zero attached hydrogens (tertiary/aromatic N) is 1. The van der Waals surface area contributed by atoms with Crippen LogP contribution in [0.2, 0.25) is 0 Å². The minimum Gasteiger partial charge on any atom is -0.494 e. The Labute approximate surface area is 202 Å². The number of benzene rings is 2. The SMILES string of the molecule is CCOc1ccc(NC(=O)COC(=O)c2cccc(N3C(=O)[C@@H]4[C@H](C3=O)[C@@H]3C[C@@H]4C=C3C)c2)cc1. The number of nitrogens with one attached hydrogen (secondary N) is 1. The van der Waals surface area contributed by atoms with Gasteiger partial charge in [-0.1, -0.05) is 17.7 Å². The third-order valence-corrected chi connectivity index (χ3v) is 7.00. The maximum Gasteiger partial charge on any atom is 0.338 e. The van der Waals surface area contributed by atoms with Gasteiger partial charge in [-0.25, -0.2) is 9.69 Å². The first kappa shape index (κ1) is 22.8. The number of carbonyl (C=O) groups excluding carboxylic acids is 4. The molecule has 0 unspecified atom stereocenters. The minimum absolute atomic E-state index is 0.105. The van der Waals surface area contributed by atoms with Crippen molar-refractivity contribution in [1.29, 1.82) is 0 Å². The highest BCUT2D eigenvalue weighted by molar-refractivity contribution is 6.23. The number of allylic oxidation sites excluding steroid dienone is 2. The van der Waals surface area contributed by atoms with Crippen LogP contribution in [-0.4, -0.2) is 36.9 Å². The lowest BCUT2D eigenvalue weighted by Gasteiger charge is -2.19. The van der Waals surface area contributed by atoms with Gasteiger partial charge in [-0.2, -0.15) is 0 Å². The van der Waals surface area contributed by atoms with Crippen LogP contribution in [0.4, 0.5) is 11.4 Å². The molecule has 3 amide bonds. The highest BCUT2D eigenvalue weighted by Crippen LogP contribution is 2.55. The lowest BCUT2D eigenvalue weighted by molar-refractivity contribution is -0.123. The fourth-order valence-corrected chi connectivity index (χ4v) is 5.51. The van der Waals surface area contributed by atoms with E-state index in [9.17, 15) is 19.2 Å². The molecule has 3 aliphatic rings. The molecule has 2 bridgehead atoms. The maximum atomic E-state index is 13.2. The van der Waals surface area contributed by atoms with Crippen molar-refractivity contribution < 1.29 is 28.7 Å². The van der Waals surface area contributed by atoms with Crippen molar-refractivity contribution in [1.82, 2.24) is 0 Å². The number of fused-ring (bicyclic) bond motifs is 5. The normalized spacial score (nSPS) is 24.3. The van der Waals surface area contributed by atoms with Crippen LogP contribution in [-0.2, 0) is 19.1 Å². The van der Waals surface area contributed by atoms with E-state index in [2.05, 4.69) is 11.4 Å². The number of rotatable bonds is 7. The fraction of sp³-hybridized carbons (Fsp3) is 0.333. The molecule has 35 heavy (non-hydrogen) atoms. The van der Waals surface area contributed by atoms with E-state index >= 15 is 0 Å². The van der Waals surface area contributed by atoms with E-state index in [1.165, 1.54) is 22.6 Å². The van der Waals surface area contributed by atoms with Gasteiger partial charge in [0.25, 0.3) is 5.91 Å². The molecule has 5 rings (SSSR count). The van der Waals surface area contributed by atoms with Gasteiger partial charge in [-0.15, -0.1) is 0 Å². The number of carbonyl (C=O) groups is 4. The third kappa shape index (κ3) is 4.09. The van der Waals surface area contributed by atoms with Crippen molar-refractivity contribution in [3.05, 3.63) is 65.7 Å². The highest BCUT2D eigenvalue weighted by Gasteiger charge is 2.60. The van der Waals surface area contributed by atoms with Gasteiger partial charge in [0.2, 0.25) is 11.8 Å². The summed E-state index contributed by atoms with van der Waals surface area (Å²) in [6, 6.07) is 13.1. The molecule has 4 atom stereocenters. The first-order chi connectivity index (χ1) is 16.9. The Hall–Kier alpha value is -3.94. The summed E-state index contributed by atoms with van der Waals surface area (Å²) in [7, 11) is 0. The molecule has 1 aliphatic heterocycles. The van der Waals surface area contributed by atoms with E-state index in [1.807, 2.05) is 13.8 Å². The van der Waals surface area contributed by atoms with Crippen molar-refractivity contribution in [2.45, 2.75) is 20.3 Å². The van der Waals surface area contributed by atoms with Crippen molar-refractivity contribution in [2.75, 3.05) is 23.4 Å². The van der Waals surface area contributed by atoms with Crippen molar-refractivity contribution in [3.63, 3.8) is 0 Å². The van der Waals surface area contributed by atoms with Crippen molar-refractivity contribution in [2.24, 2.45) is 23.7 Å². The summed E-state index contributed by atoms with van der Waals surface area (Å²) in [5, 5.41) is 2.65. The molecule has 1 saturated carbocycles. The van der Waals surface area contributed by atoms with E-state index in [4.69, 9.17) is 9.47 Å². The van der Waals surface area contributed by atoms with Gasteiger partial charge in [-0.3, -0.25) is 14.4 Å². The smallest absolute Gasteiger partial charge is 0.338 e. The van der Waals surface area contributed by atoms with Crippen LogP contribution >= 0.6 is 0 Å². The molecule has 2 fully saturated rings. The van der Waals surface area contributed by atoms with Gasteiger partial charge in [-0.05, 0) is 74.6 Å². The Balaban J connectivity index is 1.21. The Morgan fingerprint density at radius 2 is 1.80 bits per heavy atom. The topological polar surface area (TPSA) is 102 Å². The van der Waals surface area contributed by atoms with Gasteiger partial charge in [0, 0.05) is 5.69 Å². The zero-order chi connectivity index (χ0) is 24.7. The molecule has 0 radical (unpaired) electrons. The number of imide groups is 1. The monoisotopic (exact) mass is 474 g/mol. The van der Waals surface area contributed by atoms with E-state index in [-0.39, 0.29) is 41.0 Å². The lowest BCUT2D eigenvalue weighted by atomic mass is 9.82. The molecule has 0 spiro atoms. The molecule has 0 aromatic heterocycles. The van der Waals surface area contributed by atoms with Crippen LogP contribution in [0.3, 0.4) is 0 Å². The first-order valence-electron chi connectivity index (χ1n) is 11.7. The zero-order valence-electron chi connectivity index (χ0n) is 19.5. The zero-order valence-corrected chi connectivity index (χ0v) is 19.5. The second-order valence-electron chi connectivity index (χ2n) is 9.11. The lowest BCUT2D eigenvalue weighted by Crippen LogP contribution is -2.33. The second kappa shape index (κ2) is 9.02. The maximum absolute atomic E-state index is 13.2. The molecule has 2 aromatic rings. The number of esters is 1. The van der Waals surface area contributed by atoms with Crippen LogP contribution in [0.15, 0.2) is 60.2 Å². The quantitative estimate of drug-likeness (QED) is 0.374. The number of hydrogen-bond acceptors (Lipinski definition) is 6. The molecule has 2 aliphatic carbocycles. The molecular weight excluding hydrogens is 448 g/mol. The van der Waals surface area contributed by atoms with Gasteiger partial charge in [0.1, 0.15) is 5.75 Å². The van der Waals surface area contributed by atoms with Gasteiger partial charge in [0.05, 0.1) is 29.7 Å². The van der Waals surface area contributed by atoms with Crippen LogP contribution < -0.4 is 15.0 Å². The molecule has 2 aromatic carbocycles. The highest BCUT2D eigenvalue weighted by atomic mass is 16.5. The van der Waals surface area contributed by atoms with Crippen molar-refractivity contribution >= 4 is 35.1 Å². The summed E-state index contributed by atoms with van der Waals surface area (Å²) in [5.74, 6) is -1.36. The summed E-state index contributed by atoms with van der Waals surface area (Å²) in [6.45, 7) is 3.97. The predicted molar refractivity (Wildman–Crippen MR) is 128 cm³/mol. The molecule has 180 valence electrons. The molecule has 8 nitrogen and oxygen atoms in total. The average molecular weight is 475 g/mol. The van der Waals surface area contributed by atoms with Crippen molar-refractivity contribution in [3.8, 4) is 5.75 Å². The van der Waals surface area contributed by atoms with E-state index in [1.54, 1.807) is 36.4 Å². The number of ether oxygens (including phenoxy) is 2. The summed E-state index contributed by atoms with van der Waals surface area (Å²) in [5.41, 5.74) is 2.23. The van der Waals surface area contributed by atoms with Gasteiger partial charge in [0.15, 0.2) is 6.61 Å². The third-order valence-electron chi connectivity index (χ3n) is 7.00. The number of amides is 3. The minimum atomic E-state index is -0.717. The molecule has 1 N–H and O–H groups in total. The van der Waals surface area contributed by atoms with E-state index in [0.29, 0.717) is 23.7 Å². The molecule has 1 heterocycles. The summed E-state index contributed by atoms with van der Waals surface area (Å²) >= 11 is 0. The van der Waals surface area contributed by atoms with Gasteiger partial charge < -0.3 is 14.8 Å². The summed E-state index contributed by atoms with van der Waals surface area (Å²) in [6.07, 6.45) is 2.98. The van der Waals surface area contributed by atoms with Crippen LogP contribution in [0, 0.1) is 23.7 Å². The standard InChI is InChI=1S/C27H26N2O6/c1-3-34-20-9-7-18(8-10-20)28-22(30)14-35-27(33)16-5-4-6-19(12-16)29-25(31)23-17-11-15(2)21(13-17)24(23)26(29)32/h4-12,17,21,23-24H,3,13-14H2,1-2H3,(H,28,30)/t17-,21+,23-,24+/m0/s1. The Kier molecular flexibility index (Phi) is 5.88. The fourth-order valence-electron chi connectivity index (χ4n) is 5.51. The second-order valence-corrected chi connectivity index (χ2v) is 9.11. The summed E-state index contributed by atoms with van der Waals surface area (Å²) < 4.78 is 10.5. The molecule has 8 heteroatoms. The van der Waals surface area contributed by atoms with Crippen LogP contribution in [0.1, 0.15) is 30.6 Å².